The number of likely N-dealkylation sites (tertiary alicyclic amines) is 1. The van der Waals surface area contributed by atoms with Gasteiger partial charge in [-0.05, 0) is 13.3 Å². The molecule has 1 atom stereocenters. The van der Waals surface area contributed by atoms with Gasteiger partial charge in [-0.2, -0.15) is 0 Å². The van der Waals surface area contributed by atoms with Gasteiger partial charge in [0, 0.05) is 32.2 Å². The van der Waals surface area contributed by atoms with Crippen LogP contribution in [0.3, 0.4) is 0 Å². The molecule has 0 bridgehead atoms. The van der Waals surface area contributed by atoms with Crippen molar-refractivity contribution in [1.29, 1.82) is 0 Å². The van der Waals surface area contributed by atoms with Crippen LogP contribution in [0.25, 0.3) is 0 Å². The van der Waals surface area contributed by atoms with Gasteiger partial charge >= 0.3 is 0 Å². The first-order chi connectivity index (χ1) is 5.17. The van der Waals surface area contributed by atoms with Crippen molar-refractivity contribution in [3.63, 3.8) is 0 Å². The molecule has 0 aromatic carbocycles. The molecule has 1 unspecified atom stereocenters. The predicted octanol–water partition coefficient (Wildman–Crippen LogP) is -0.585. The average Bonchev–Trinajstić information content (AvgIpc) is 2.05. The molecular weight excluding hydrogens is 140 g/mol. The van der Waals surface area contributed by atoms with Crippen molar-refractivity contribution in [1.82, 2.24) is 10.2 Å². The van der Waals surface area contributed by atoms with Crippen molar-refractivity contribution in [2.45, 2.75) is 25.0 Å². The molecule has 2 saturated heterocycles. The summed E-state index contributed by atoms with van der Waals surface area (Å²) in [7, 11) is 0. The molecule has 3 heteroatoms. The second kappa shape index (κ2) is 2.44. The molecule has 2 heterocycles. The highest BCUT2D eigenvalue weighted by Gasteiger charge is 2.36. The lowest BCUT2D eigenvalue weighted by atomic mass is 10.1. The molecule has 3 nitrogen and oxygen atoms in total. The lowest BCUT2D eigenvalue weighted by Crippen LogP contribution is -2.57. The minimum Gasteiger partial charge on any atom is -0.389 e. The number of nitrogens with one attached hydrogen (secondary N) is 1. The highest BCUT2D eigenvalue weighted by atomic mass is 16.3. The third kappa shape index (κ3) is 1.41. The van der Waals surface area contributed by atoms with E-state index in [-0.39, 0.29) is 0 Å². The number of rotatable bonds is 1. The maximum absolute atomic E-state index is 9.67. The molecule has 11 heavy (non-hydrogen) atoms. The van der Waals surface area contributed by atoms with Gasteiger partial charge in [0.25, 0.3) is 0 Å². The molecule has 0 aromatic heterocycles. The summed E-state index contributed by atoms with van der Waals surface area (Å²) < 4.78 is 0. The van der Waals surface area contributed by atoms with Crippen molar-refractivity contribution < 1.29 is 5.11 Å². The summed E-state index contributed by atoms with van der Waals surface area (Å²) in [5.74, 6) is 0. The van der Waals surface area contributed by atoms with Gasteiger partial charge in [-0.3, -0.25) is 4.90 Å². The maximum atomic E-state index is 9.67. The Hall–Kier alpha value is -0.120. The lowest BCUT2D eigenvalue weighted by molar-refractivity contribution is 0.0565. The number of hydrogen-bond acceptors (Lipinski definition) is 3. The van der Waals surface area contributed by atoms with Gasteiger partial charge in [0.15, 0.2) is 0 Å². The summed E-state index contributed by atoms with van der Waals surface area (Å²) in [6, 6.07) is 0.698. The fraction of sp³-hybridized carbons (Fsp3) is 1.00. The van der Waals surface area contributed by atoms with Crippen LogP contribution in [0.2, 0.25) is 0 Å². The summed E-state index contributed by atoms with van der Waals surface area (Å²) in [6.45, 7) is 6.07. The fourth-order valence-electron chi connectivity index (χ4n) is 1.82. The topological polar surface area (TPSA) is 35.5 Å². The van der Waals surface area contributed by atoms with Crippen LogP contribution in [0, 0.1) is 0 Å². The van der Waals surface area contributed by atoms with E-state index in [0.29, 0.717) is 6.04 Å². The zero-order chi connectivity index (χ0) is 7.90. The monoisotopic (exact) mass is 156 g/mol. The summed E-state index contributed by atoms with van der Waals surface area (Å²) >= 11 is 0. The smallest absolute Gasteiger partial charge is 0.0758 e. The molecule has 2 rings (SSSR count). The molecule has 2 aliphatic heterocycles. The molecule has 0 radical (unpaired) electrons. The Morgan fingerprint density at radius 1 is 1.55 bits per heavy atom. The van der Waals surface area contributed by atoms with Crippen molar-refractivity contribution >= 4 is 0 Å². The van der Waals surface area contributed by atoms with Gasteiger partial charge in [0.05, 0.1) is 5.60 Å². The Morgan fingerprint density at radius 2 is 2.27 bits per heavy atom. The van der Waals surface area contributed by atoms with E-state index in [4.69, 9.17) is 0 Å². The Labute approximate surface area is 67.4 Å². The average molecular weight is 156 g/mol. The molecule has 0 saturated carbocycles. The van der Waals surface area contributed by atoms with E-state index in [9.17, 15) is 5.11 Å². The first kappa shape index (κ1) is 7.53. The van der Waals surface area contributed by atoms with Gasteiger partial charge in [0.2, 0.25) is 0 Å². The van der Waals surface area contributed by atoms with Crippen molar-refractivity contribution in [3.8, 4) is 0 Å². The van der Waals surface area contributed by atoms with Crippen molar-refractivity contribution in [2.75, 3.05) is 26.2 Å². The van der Waals surface area contributed by atoms with E-state index >= 15 is 0 Å². The Bertz CT molecular complexity index is 154. The van der Waals surface area contributed by atoms with Crippen LogP contribution in [0.15, 0.2) is 0 Å². The van der Waals surface area contributed by atoms with Gasteiger partial charge in [-0.15, -0.1) is 0 Å². The zero-order valence-corrected chi connectivity index (χ0v) is 7.01. The van der Waals surface area contributed by atoms with Crippen LogP contribution in [-0.2, 0) is 0 Å². The predicted molar refractivity (Wildman–Crippen MR) is 43.5 cm³/mol. The van der Waals surface area contributed by atoms with E-state index in [1.807, 2.05) is 6.92 Å². The molecule has 2 aliphatic rings. The largest absolute Gasteiger partial charge is 0.389 e. The van der Waals surface area contributed by atoms with Crippen LogP contribution >= 0.6 is 0 Å². The van der Waals surface area contributed by atoms with Gasteiger partial charge < -0.3 is 10.4 Å². The van der Waals surface area contributed by atoms with E-state index in [0.717, 1.165) is 32.6 Å². The first-order valence-electron chi connectivity index (χ1n) is 4.34. The number of nitrogens with zero attached hydrogens (tertiary/aromatic N) is 1. The summed E-state index contributed by atoms with van der Waals surface area (Å²) in [5, 5.41) is 12.9. The van der Waals surface area contributed by atoms with Crippen LogP contribution in [0.1, 0.15) is 13.3 Å². The molecule has 0 amide bonds. The van der Waals surface area contributed by atoms with E-state index in [2.05, 4.69) is 10.2 Å². The normalized spacial score (nSPS) is 40.9. The third-order valence-corrected chi connectivity index (χ3v) is 2.76. The van der Waals surface area contributed by atoms with Crippen molar-refractivity contribution in [2.24, 2.45) is 0 Å². The van der Waals surface area contributed by atoms with Gasteiger partial charge in [-0.25, -0.2) is 0 Å². The highest BCUT2D eigenvalue weighted by Crippen LogP contribution is 2.23. The molecule has 2 N–H and O–H groups in total. The van der Waals surface area contributed by atoms with E-state index in [1.165, 1.54) is 0 Å². The molecule has 0 aromatic rings. The second-order valence-electron chi connectivity index (χ2n) is 4.03. The van der Waals surface area contributed by atoms with Crippen molar-refractivity contribution in [3.05, 3.63) is 0 Å². The maximum Gasteiger partial charge on any atom is 0.0758 e. The number of β-amino-alcohol motifs (C(OH)–C–C–N with tert-alkyl or cyclic N) is 1. The zero-order valence-electron chi connectivity index (χ0n) is 7.01. The Balaban J connectivity index is 1.88. The minimum absolute atomic E-state index is 0.421. The minimum atomic E-state index is -0.421. The molecule has 2 fully saturated rings. The number of hydrogen-bond donors (Lipinski definition) is 2. The molecule has 0 aliphatic carbocycles. The summed E-state index contributed by atoms with van der Waals surface area (Å²) in [4.78, 5) is 2.39. The highest BCUT2D eigenvalue weighted by molar-refractivity contribution is 4.93. The second-order valence-corrected chi connectivity index (χ2v) is 4.03. The van der Waals surface area contributed by atoms with Gasteiger partial charge in [-0.1, -0.05) is 0 Å². The quantitative estimate of drug-likeness (QED) is 0.533. The van der Waals surface area contributed by atoms with E-state index < -0.39 is 5.60 Å². The first-order valence-corrected chi connectivity index (χ1v) is 4.34. The van der Waals surface area contributed by atoms with E-state index in [1.54, 1.807) is 0 Å². The summed E-state index contributed by atoms with van der Waals surface area (Å²) in [5.41, 5.74) is -0.421. The van der Waals surface area contributed by atoms with Crippen LogP contribution in [-0.4, -0.2) is 47.8 Å². The fourth-order valence-corrected chi connectivity index (χ4v) is 1.82. The molecule has 64 valence electrons. The third-order valence-electron chi connectivity index (χ3n) is 2.76. The SMILES string of the molecule is CC1(O)CCN(C2CNC2)C1. The molecule has 0 spiro atoms. The standard InChI is InChI=1S/C8H16N2O/c1-8(11)2-3-10(6-8)7-4-9-5-7/h7,9,11H,2-6H2,1H3. The van der Waals surface area contributed by atoms with Crippen LogP contribution < -0.4 is 5.32 Å². The molecular formula is C8H16N2O. The lowest BCUT2D eigenvalue weighted by Gasteiger charge is -2.35. The Kier molecular flexibility index (Phi) is 1.67. The number of aliphatic hydroxyl groups is 1. The van der Waals surface area contributed by atoms with Crippen LogP contribution in [0.5, 0.6) is 0 Å². The summed E-state index contributed by atoms with van der Waals surface area (Å²) in [6.07, 6.45) is 0.934. The van der Waals surface area contributed by atoms with Crippen LogP contribution in [0.4, 0.5) is 0 Å². The van der Waals surface area contributed by atoms with Gasteiger partial charge in [0.1, 0.15) is 0 Å². The Morgan fingerprint density at radius 3 is 2.64 bits per heavy atom.